The van der Waals surface area contributed by atoms with E-state index in [1.54, 1.807) is 0 Å². The summed E-state index contributed by atoms with van der Waals surface area (Å²) in [5, 5.41) is 18.2. The Hall–Kier alpha value is -0.580. The summed E-state index contributed by atoms with van der Waals surface area (Å²) in [7, 11) is 0. The summed E-state index contributed by atoms with van der Waals surface area (Å²) in [4.78, 5) is 10.4. The van der Waals surface area contributed by atoms with Crippen molar-refractivity contribution in [1.82, 2.24) is 0 Å². The molecule has 1 unspecified atom stereocenters. The van der Waals surface area contributed by atoms with Gasteiger partial charge in [-0.15, -0.1) is 0 Å². The van der Waals surface area contributed by atoms with Gasteiger partial charge in [-0.25, -0.2) is 4.79 Å². The number of hydrogen-bond donors (Lipinski definition) is 2. The minimum atomic E-state index is -1.52. The summed E-state index contributed by atoms with van der Waals surface area (Å²) in [5.41, 5.74) is 0.289. The topological polar surface area (TPSA) is 57.5 Å². The van der Waals surface area contributed by atoms with Crippen molar-refractivity contribution in [3.8, 4) is 0 Å². The van der Waals surface area contributed by atoms with Crippen LogP contribution >= 0.6 is 27.5 Å². The van der Waals surface area contributed by atoms with Crippen molar-refractivity contribution in [3.63, 3.8) is 0 Å². The summed E-state index contributed by atoms with van der Waals surface area (Å²) in [6, 6.07) is 4.52. The molecule has 70 valence electrons. The Kier molecular flexibility index (Phi) is 3.30. The van der Waals surface area contributed by atoms with Crippen LogP contribution in [0.15, 0.2) is 22.7 Å². The van der Waals surface area contributed by atoms with Gasteiger partial charge in [0, 0.05) is 15.1 Å². The maximum absolute atomic E-state index is 10.4. The number of benzene rings is 1. The second kappa shape index (κ2) is 4.09. The molecule has 0 aliphatic rings. The number of carboxylic acid groups (broad SMARTS) is 1. The molecule has 0 fully saturated rings. The van der Waals surface area contributed by atoms with Crippen LogP contribution in [-0.4, -0.2) is 16.2 Å². The van der Waals surface area contributed by atoms with Crippen LogP contribution in [0.5, 0.6) is 0 Å². The molecule has 0 bridgehead atoms. The highest BCUT2D eigenvalue weighted by Crippen LogP contribution is 2.26. The van der Waals surface area contributed by atoms with Crippen molar-refractivity contribution >= 4 is 33.5 Å². The minimum absolute atomic E-state index is 0.289. The molecule has 0 heterocycles. The maximum atomic E-state index is 10.4. The average molecular weight is 265 g/mol. The fourth-order valence-electron chi connectivity index (χ4n) is 0.856. The van der Waals surface area contributed by atoms with Crippen molar-refractivity contribution in [2.24, 2.45) is 0 Å². The third kappa shape index (κ3) is 2.43. The van der Waals surface area contributed by atoms with Crippen LogP contribution in [-0.2, 0) is 4.79 Å². The summed E-state index contributed by atoms with van der Waals surface area (Å²) >= 11 is 8.75. The van der Waals surface area contributed by atoms with Crippen molar-refractivity contribution in [1.29, 1.82) is 0 Å². The first-order valence-corrected chi connectivity index (χ1v) is 4.55. The van der Waals surface area contributed by atoms with Crippen molar-refractivity contribution in [2.75, 3.05) is 0 Å². The smallest absolute Gasteiger partial charge is 0.337 e. The molecule has 2 N–H and O–H groups in total. The molecule has 0 aromatic heterocycles. The van der Waals surface area contributed by atoms with Crippen molar-refractivity contribution < 1.29 is 15.0 Å². The fraction of sp³-hybridized carbons (Fsp3) is 0.125. The van der Waals surface area contributed by atoms with Gasteiger partial charge in [0.15, 0.2) is 6.10 Å². The number of hydrogen-bond acceptors (Lipinski definition) is 2. The number of carboxylic acids is 1. The summed E-state index contributed by atoms with van der Waals surface area (Å²) in [6.45, 7) is 0. The van der Waals surface area contributed by atoms with Crippen LogP contribution in [0.4, 0.5) is 0 Å². The zero-order chi connectivity index (χ0) is 10.0. The third-order valence-electron chi connectivity index (χ3n) is 1.49. The Labute approximate surface area is 88.1 Å². The van der Waals surface area contributed by atoms with E-state index in [1.807, 2.05) is 0 Å². The van der Waals surface area contributed by atoms with Crippen LogP contribution in [0.2, 0.25) is 5.02 Å². The van der Waals surface area contributed by atoms with Crippen LogP contribution in [0.3, 0.4) is 0 Å². The number of aliphatic hydroxyl groups is 1. The van der Waals surface area contributed by atoms with Gasteiger partial charge < -0.3 is 10.2 Å². The molecule has 0 spiro atoms. The van der Waals surface area contributed by atoms with E-state index >= 15 is 0 Å². The second-order valence-corrected chi connectivity index (χ2v) is 3.70. The molecule has 1 aromatic carbocycles. The lowest BCUT2D eigenvalue weighted by molar-refractivity contribution is -0.147. The molecule has 1 rings (SSSR count). The van der Waals surface area contributed by atoms with E-state index in [0.717, 1.165) is 0 Å². The van der Waals surface area contributed by atoms with Gasteiger partial charge in [-0.05, 0) is 12.1 Å². The largest absolute Gasteiger partial charge is 0.479 e. The molecule has 3 nitrogen and oxygen atoms in total. The minimum Gasteiger partial charge on any atom is -0.479 e. The molecule has 0 radical (unpaired) electrons. The highest BCUT2D eigenvalue weighted by molar-refractivity contribution is 9.10. The van der Waals surface area contributed by atoms with E-state index < -0.39 is 12.1 Å². The Morgan fingerprint density at radius 1 is 1.54 bits per heavy atom. The van der Waals surface area contributed by atoms with Gasteiger partial charge in [-0.1, -0.05) is 33.6 Å². The van der Waals surface area contributed by atoms with E-state index in [2.05, 4.69) is 15.9 Å². The first-order chi connectivity index (χ1) is 6.02. The normalized spacial score (nSPS) is 12.5. The van der Waals surface area contributed by atoms with Crippen LogP contribution in [0.1, 0.15) is 11.7 Å². The Balaban J connectivity index is 3.08. The van der Waals surface area contributed by atoms with Crippen molar-refractivity contribution in [2.45, 2.75) is 6.10 Å². The molecule has 0 amide bonds. The molecule has 1 atom stereocenters. The zero-order valence-corrected chi connectivity index (χ0v) is 8.71. The van der Waals surface area contributed by atoms with Gasteiger partial charge in [0.05, 0.1) is 0 Å². The van der Waals surface area contributed by atoms with E-state index in [1.165, 1.54) is 18.2 Å². The standard InChI is InChI=1S/C8H6BrClO3/c9-6-3-4(10)1-2-5(6)7(11)8(12)13/h1-3,7,11H,(H,12,13). The SMILES string of the molecule is O=C(O)C(O)c1ccc(Cl)cc1Br. The molecule has 0 aliphatic carbocycles. The van der Waals surface area contributed by atoms with E-state index in [4.69, 9.17) is 16.7 Å². The monoisotopic (exact) mass is 264 g/mol. The lowest BCUT2D eigenvalue weighted by Gasteiger charge is -2.07. The maximum Gasteiger partial charge on any atom is 0.337 e. The molecular formula is C8H6BrClO3. The van der Waals surface area contributed by atoms with Gasteiger partial charge in [0.25, 0.3) is 0 Å². The number of rotatable bonds is 2. The lowest BCUT2D eigenvalue weighted by Crippen LogP contribution is -2.10. The zero-order valence-electron chi connectivity index (χ0n) is 6.37. The van der Waals surface area contributed by atoms with Gasteiger partial charge in [-0.2, -0.15) is 0 Å². The van der Waals surface area contributed by atoms with E-state index in [0.29, 0.717) is 9.50 Å². The van der Waals surface area contributed by atoms with Gasteiger partial charge in [-0.3, -0.25) is 0 Å². The summed E-state index contributed by atoms with van der Waals surface area (Å²) in [5.74, 6) is -1.29. The molecule has 0 saturated carbocycles. The number of carbonyl (C=O) groups is 1. The second-order valence-electron chi connectivity index (χ2n) is 2.41. The number of aliphatic carboxylic acids is 1. The molecule has 13 heavy (non-hydrogen) atoms. The predicted octanol–water partition coefficient (Wildman–Crippen LogP) is 2.22. The van der Waals surface area contributed by atoms with Crippen LogP contribution < -0.4 is 0 Å². The van der Waals surface area contributed by atoms with Gasteiger partial charge >= 0.3 is 5.97 Å². The highest BCUT2D eigenvalue weighted by Gasteiger charge is 2.18. The first kappa shape index (κ1) is 10.5. The quantitative estimate of drug-likeness (QED) is 0.862. The van der Waals surface area contributed by atoms with Gasteiger partial charge in [0.2, 0.25) is 0 Å². The first-order valence-electron chi connectivity index (χ1n) is 3.38. The fourth-order valence-corrected chi connectivity index (χ4v) is 1.76. The lowest BCUT2D eigenvalue weighted by atomic mass is 10.1. The Morgan fingerprint density at radius 2 is 2.15 bits per heavy atom. The highest BCUT2D eigenvalue weighted by atomic mass is 79.9. The Bertz CT molecular complexity index is 340. The predicted molar refractivity (Wildman–Crippen MR) is 51.7 cm³/mol. The third-order valence-corrected chi connectivity index (χ3v) is 2.41. The average Bonchev–Trinajstić information content (AvgIpc) is 2.03. The molecular weight excluding hydrogens is 259 g/mol. The number of aliphatic hydroxyl groups excluding tert-OH is 1. The molecule has 1 aromatic rings. The molecule has 0 saturated heterocycles. The van der Waals surface area contributed by atoms with Crippen LogP contribution in [0.25, 0.3) is 0 Å². The van der Waals surface area contributed by atoms with Crippen LogP contribution in [0, 0.1) is 0 Å². The van der Waals surface area contributed by atoms with Crippen molar-refractivity contribution in [3.05, 3.63) is 33.3 Å². The molecule has 0 aliphatic heterocycles. The van der Waals surface area contributed by atoms with Gasteiger partial charge in [0.1, 0.15) is 0 Å². The summed E-state index contributed by atoms with van der Waals surface area (Å²) in [6.07, 6.45) is -1.52. The number of halogens is 2. The molecule has 5 heteroatoms. The van der Waals surface area contributed by atoms with E-state index in [9.17, 15) is 9.90 Å². The summed E-state index contributed by atoms with van der Waals surface area (Å²) < 4.78 is 0.481. The Morgan fingerprint density at radius 3 is 2.62 bits per heavy atom. The van der Waals surface area contributed by atoms with E-state index in [-0.39, 0.29) is 5.56 Å².